The number of fused-ring (bicyclic) bond motifs is 2. The highest BCUT2D eigenvalue weighted by Crippen LogP contribution is 2.40. The Morgan fingerprint density at radius 2 is 1.74 bits per heavy atom. The predicted molar refractivity (Wildman–Crippen MR) is 105 cm³/mol. The molecule has 5 rings (SSSR count). The molecular formula is C22H24O9. The van der Waals surface area contributed by atoms with Crippen molar-refractivity contribution in [3.05, 3.63) is 47.5 Å². The molecule has 9 nitrogen and oxygen atoms in total. The van der Waals surface area contributed by atoms with Gasteiger partial charge in [-0.05, 0) is 42.2 Å². The number of aliphatic hydroxyl groups excluding tert-OH is 4. The highest BCUT2D eigenvalue weighted by atomic mass is 16.7. The first-order chi connectivity index (χ1) is 15.0. The Labute approximate surface area is 178 Å². The third-order valence-electron chi connectivity index (χ3n) is 5.85. The average Bonchev–Trinajstić information content (AvgIpc) is 3.27. The van der Waals surface area contributed by atoms with Crippen molar-refractivity contribution < 1.29 is 44.1 Å². The summed E-state index contributed by atoms with van der Waals surface area (Å²) in [5, 5.41) is 39.4. The van der Waals surface area contributed by atoms with Crippen molar-refractivity contribution in [2.75, 3.05) is 13.4 Å². The maximum Gasteiger partial charge on any atom is 0.231 e. The Bertz CT molecular complexity index is 947. The van der Waals surface area contributed by atoms with Crippen LogP contribution in [0.4, 0.5) is 0 Å². The average molecular weight is 432 g/mol. The lowest BCUT2D eigenvalue weighted by Crippen LogP contribution is -2.60. The van der Waals surface area contributed by atoms with E-state index in [-0.39, 0.29) is 12.9 Å². The Morgan fingerprint density at radius 1 is 0.903 bits per heavy atom. The summed E-state index contributed by atoms with van der Waals surface area (Å²) in [4.78, 5) is 0. The van der Waals surface area contributed by atoms with Gasteiger partial charge in [0.2, 0.25) is 13.1 Å². The van der Waals surface area contributed by atoms with Crippen LogP contribution in [0.15, 0.2) is 36.4 Å². The number of benzene rings is 2. The second kappa shape index (κ2) is 8.18. The second-order valence-electron chi connectivity index (χ2n) is 7.84. The van der Waals surface area contributed by atoms with Crippen LogP contribution >= 0.6 is 0 Å². The molecule has 0 unspecified atom stereocenters. The molecule has 31 heavy (non-hydrogen) atoms. The minimum Gasteiger partial charge on any atom is -0.485 e. The monoisotopic (exact) mass is 432 g/mol. The summed E-state index contributed by atoms with van der Waals surface area (Å²) < 4.78 is 28.2. The molecule has 166 valence electrons. The van der Waals surface area contributed by atoms with Gasteiger partial charge in [0.15, 0.2) is 11.5 Å². The topological polar surface area (TPSA) is 127 Å². The Balaban J connectivity index is 1.32. The van der Waals surface area contributed by atoms with E-state index in [9.17, 15) is 20.4 Å². The maximum absolute atomic E-state index is 10.2. The molecule has 0 amide bonds. The van der Waals surface area contributed by atoms with E-state index in [1.165, 1.54) is 0 Å². The van der Waals surface area contributed by atoms with Gasteiger partial charge in [-0.25, -0.2) is 0 Å². The lowest BCUT2D eigenvalue weighted by molar-refractivity contribution is -0.277. The summed E-state index contributed by atoms with van der Waals surface area (Å²) in [7, 11) is 0. The first-order valence-electron chi connectivity index (χ1n) is 10.2. The van der Waals surface area contributed by atoms with E-state index in [4.69, 9.17) is 23.7 Å². The summed E-state index contributed by atoms with van der Waals surface area (Å²) in [5.41, 5.74) is 2.01. The second-order valence-corrected chi connectivity index (χ2v) is 7.84. The van der Waals surface area contributed by atoms with Crippen LogP contribution in [0.1, 0.15) is 23.7 Å². The van der Waals surface area contributed by atoms with Crippen LogP contribution in [0.3, 0.4) is 0 Å². The zero-order chi connectivity index (χ0) is 21.5. The predicted octanol–water partition coefficient (Wildman–Crippen LogP) is 0.660. The lowest BCUT2D eigenvalue weighted by atomic mass is 9.97. The molecular weight excluding hydrogens is 408 g/mol. The summed E-state index contributed by atoms with van der Waals surface area (Å²) in [6, 6.07) is 11.1. The van der Waals surface area contributed by atoms with Gasteiger partial charge in [-0.2, -0.15) is 0 Å². The molecule has 0 aromatic heterocycles. The van der Waals surface area contributed by atoms with Gasteiger partial charge >= 0.3 is 0 Å². The highest BCUT2D eigenvalue weighted by Gasteiger charge is 2.44. The molecule has 0 aliphatic carbocycles. The standard InChI is InChI=1S/C22H24O9/c23-9-18-19(24)20(25)21(26)22(31-18)29-13-4-1-11-2-5-14(30-16(11)8-13)12-3-6-15-17(7-12)28-10-27-15/h1,3-4,6-8,14,18-26H,2,5,9-10H2/t14-,18-,19-,20+,21-,22-/m1/s1. The normalized spacial score (nSPS) is 31.6. The van der Waals surface area contributed by atoms with Gasteiger partial charge in [0.25, 0.3) is 0 Å². The number of rotatable bonds is 4. The first kappa shape index (κ1) is 20.3. The molecule has 0 radical (unpaired) electrons. The molecule has 4 N–H and O–H groups in total. The van der Waals surface area contributed by atoms with Gasteiger partial charge in [-0.15, -0.1) is 0 Å². The molecule has 2 aromatic rings. The van der Waals surface area contributed by atoms with Crippen molar-refractivity contribution in [1.82, 2.24) is 0 Å². The SMILES string of the molecule is OC[C@H]1O[C@@H](Oc2ccc3c(c2)O[C@@H](c2ccc4c(c2)OCO4)CC3)[C@H](O)[C@@H](O)[C@@H]1O. The fraction of sp³-hybridized carbons (Fsp3) is 0.455. The number of hydrogen-bond acceptors (Lipinski definition) is 9. The maximum atomic E-state index is 10.2. The summed E-state index contributed by atoms with van der Waals surface area (Å²) in [6.07, 6.45) is -5.24. The summed E-state index contributed by atoms with van der Waals surface area (Å²) >= 11 is 0. The fourth-order valence-corrected chi connectivity index (χ4v) is 4.07. The van der Waals surface area contributed by atoms with Gasteiger partial charge in [0.1, 0.15) is 42.0 Å². The quantitative estimate of drug-likeness (QED) is 0.551. The Morgan fingerprint density at radius 3 is 2.58 bits per heavy atom. The van der Waals surface area contributed by atoms with Gasteiger partial charge in [-0.1, -0.05) is 12.1 Å². The van der Waals surface area contributed by atoms with Gasteiger partial charge in [0, 0.05) is 6.07 Å². The third kappa shape index (κ3) is 3.79. The molecule has 3 aliphatic rings. The summed E-state index contributed by atoms with van der Waals surface area (Å²) in [6.45, 7) is -0.304. The van der Waals surface area contributed by atoms with E-state index >= 15 is 0 Å². The van der Waals surface area contributed by atoms with Crippen LogP contribution in [0.2, 0.25) is 0 Å². The van der Waals surface area contributed by atoms with Gasteiger partial charge in [0.05, 0.1) is 6.61 Å². The number of aryl methyl sites for hydroxylation is 1. The minimum atomic E-state index is -1.50. The largest absolute Gasteiger partial charge is 0.485 e. The van der Waals surface area contributed by atoms with Crippen molar-refractivity contribution in [2.24, 2.45) is 0 Å². The minimum absolute atomic E-state index is 0.162. The van der Waals surface area contributed by atoms with E-state index in [1.54, 1.807) is 12.1 Å². The molecule has 1 saturated heterocycles. The summed E-state index contributed by atoms with van der Waals surface area (Å²) in [5.74, 6) is 2.44. The Kier molecular flexibility index (Phi) is 5.37. The van der Waals surface area contributed by atoms with E-state index in [1.807, 2.05) is 24.3 Å². The van der Waals surface area contributed by atoms with Crippen molar-refractivity contribution in [3.63, 3.8) is 0 Å². The molecule has 0 bridgehead atoms. The fourth-order valence-electron chi connectivity index (χ4n) is 4.07. The van der Waals surface area contributed by atoms with Crippen LogP contribution in [-0.4, -0.2) is 64.5 Å². The molecule has 2 aromatic carbocycles. The molecule has 3 aliphatic heterocycles. The van der Waals surface area contributed by atoms with Crippen LogP contribution in [0.5, 0.6) is 23.0 Å². The zero-order valence-corrected chi connectivity index (χ0v) is 16.6. The molecule has 3 heterocycles. The highest BCUT2D eigenvalue weighted by molar-refractivity contribution is 5.47. The lowest BCUT2D eigenvalue weighted by Gasteiger charge is -2.39. The zero-order valence-electron chi connectivity index (χ0n) is 16.6. The van der Waals surface area contributed by atoms with E-state index in [0.717, 1.165) is 29.7 Å². The van der Waals surface area contributed by atoms with Crippen molar-refractivity contribution in [3.8, 4) is 23.0 Å². The van der Waals surface area contributed by atoms with Gasteiger partial charge < -0.3 is 44.1 Å². The molecule has 1 fully saturated rings. The van der Waals surface area contributed by atoms with Gasteiger partial charge in [-0.3, -0.25) is 0 Å². The van der Waals surface area contributed by atoms with Crippen molar-refractivity contribution >= 4 is 0 Å². The van der Waals surface area contributed by atoms with Crippen molar-refractivity contribution in [2.45, 2.75) is 49.7 Å². The van der Waals surface area contributed by atoms with E-state index in [2.05, 4.69) is 0 Å². The molecule has 0 saturated carbocycles. The number of ether oxygens (including phenoxy) is 5. The molecule has 6 atom stereocenters. The molecule has 0 spiro atoms. The van der Waals surface area contributed by atoms with Crippen LogP contribution in [-0.2, 0) is 11.2 Å². The van der Waals surface area contributed by atoms with Crippen LogP contribution in [0.25, 0.3) is 0 Å². The van der Waals surface area contributed by atoms with E-state index < -0.39 is 37.3 Å². The number of hydrogen-bond donors (Lipinski definition) is 4. The third-order valence-corrected chi connectivity index (χ3v) is 5.85. The van der Waals surface area contributed by atoms with E-state index in [0.29, 0.717) is 17.2 Å². The Hall–Kier alpha value is -2.56. The van der Waals surface area contributed by atoms with Crippen molar-refractivity contribution in [1.29, 1.82) is 0 Å². The first-order valence-corrected chi connectivity index (χ1v) is 10.2. The molecule has 9 heteroatoms. The smallest absolute Gasteiger partial charge is 0.231 e. The number of aliphatic hydroxyl groups is 4. The van der Waals surface area contributed by atoms with Crippen LogP contribution < -0.4 is 18.9 Å². The van der Waals surface area contributed by atoms with Crippen LogP contribution in [0, 0.1) is 0 Å².